The number of ether oxygens (including phenoxy) is 2. The summed E-state index contributed by atoms with van der Waals surface area (Å²) >= 11 is 0. The minimum Gasteiger partial charge on any atom is -0.466 e. The van der Waals surface area contributed by atoms with Gasteiger partial charge in [0.25, 0.3) is 0 Å². The molecule has 0 spiro atoms. The highest BCUT2D eigenvalue weighted by molar-refractivity contribution is 5.69. The van der Waals surface area contributed by atoms with E-state index in [0.29, 0.717) is 26.1 Å². The summed E-state index contributed by atoms with van der Waals surface area (Å²) in [5.41, 5.74) is 0. The van der Waals surface area contributed by atoms with Crippen molar-refractivity contribution < 1.29 is 19.1 Å². The Labute approximate surface area is 358 Å². The van der Waals surface area contributed by atoms with E-state index >= 15 is 0 Å². The number of unbranched alkanes of at least 4 members (excludes halogenated alkanes) is 42. The third-order valence-electron chi connectivity index (χ3n) is 12.3. The van der Waals surface area contributed by atoms with E-state index in [2.05, 4.69) is 13.8 Å². The third-order valence-corrected chi connectivity index (χ3v) is 12.3. The molecule has 0 atom stereocenters. The van der Waals surface area contributed by atoms with Crippen molar-refractivity contribution in [2.45, 2.75) is 316 Å². The quantitative estimate of drug-likeness (QED) is 0.0454. The van der Waals surface area contributed by atoms with Crippen LogP contribution in [0.15, 0.2) is 0 Å². The summed E-state index contributed by atoms with van der Waals surface area (Å²) in [5, 5.41) is 0. The first kappa shape index (κ1) is 55.9. The summed E-state index contributed by atoms with van der Waals surface area (Å²) in [6.45, 7) is 5.80. The van der Waals surface area contributed by atoms with Gasteiger partial charge in [-0.15, -0.1) is 0 Å². The summed E-state index contributed by atoms with van der Waals surface area (Å²) < 4.78 is 11.0. The summed E-state index contributed by atoms with van der Waals surface area (Å²) in [6, 6.07) is 0. The van der Waals surface area contributed by atoms with Crippen LogP contribution in [0.25, 0.3) is 0 Å². The van der Waals surface area contributed by atoms with E-state index < -0.39 is 0 Å². The zero-order valence-corrected chi connectivity index (χ0v) is 39.3. The second-order valence-corrected chi connectivity index (χ2v) is 18.1. The molecule has 0 radical (unpaired) electrons. The molecule has 4 heteroatoms. The summed E-state index contributed by atoms with van der Waals surface area (Å²) in [4.78, 5) is 24.1. The Morgan fingerprint density at radius 1 is 0.228 bits per heavy atom. The molecule has 57 heavy (non-hydrogen) atoms. The number of esters is 2. The van der Waals surface area contributed by atoms with Crippen LogP contribution in [0.5, 0.6) is 0 Å². The van der Waals surface area contributed by atoms with Gasteiger partial charge in [0.15, 0.2) is 0 Å². The van der Waals surface area contributed by atoms with Gasteiger partial charge in [-0.2, -0.15) is 0 Å². The zero-order valence-electron chi connectivity index (χ0n) is 39.3. The molecule has 0 aromatic rings. The van der Waals surface area contributed by atoms with Crippen molar-refractivity contribution in [3.63, 3.8) is 0 Å². The number of hydrogen-bond acceptors (Lipinski definition) is 4. The fourth-order valence-electron chi connectivity index (χ4n) is 8.30. The number of hydrogen-bond donors (Lipinski definition) is 0. The van der Waals surface area contributed by atoms with Crippen LogP contribution in [0.3, 0.4) is 0 Å². The van der Waals surface area contributed by atoms with Gasteiger partial charge in [-0.05, 0) is 25.7 Å². The van der Waals surface area contributed by atoms with Gasteiger partial charge in [-0.25, -0.2) is 0 Å². The van der Waals surface area contributed by atoms with Gasteiger partial charge in [-0.1, -0.05) is 277 Å². The molecular formula is C53H104O4. The van der Waals surface area contributed by atoms with Crippen LogP contribution in [-0.2, 0) is 19.1 Å². The lowest BCUT2D eigenvalue weighted by molar-refractivity contribution is -0.144. The van der Waals surface area contributed by atoms with Crippen molar-refractivity contribution in [2.75, 3.05) is 13.2 Å². The highest BCUT2D eigenvalue weighted by atomic mass is 16.5. The van der Waals surface area contributed by atoms with Crippen LogP contribution in [0, 0.1) is 0 Å². The first-order chi connectivity index (χ1) is 28.2. The number of rotatable bonds is 50. The molecule has 0 aromatic carbocycles. The molecule has 0 fully saturated rings. The van der Waals surface area contributed by atoms with E-state index in [4.69, 9.17) is 9.47 Å². The average Bonchev–Trinajstić information content (AvgIpc) is 3.21. The topological polar surface area (TPSA) is 52.6 Å². The first-order valence-electron chi connectivity index (χ1n) is 26.5. The molecule has 0 saturated carbocycles. The average molecular weight is 805 g/mol. The Morgan fingerprint density at radius 2 is 0.386 bits per heavy atom. The normalized spacial score (nSPS) is 11.4. The molecule has 340 valence electrons. The van der Waals surface area contributed by atoms with Crippen molar-refractivity contribution >= 4 is 11.9 Å². The van der Waals surface area contributed by atoms with Gasteiger partial charge in [0.05, 0.1) is 13.2 Å². The van der Waals surface area contributed by atoms with Crippen molar-refractivity contribution in [2.24, 2.45) is 0 Å². The largest absolute Gasteiger partial charge is 0.466 e. The zero-order chi connectivity index (χ0) is 41.2. The summed E-state index contributed by atoms with van der Waals surface area (Å²) in [6.07, 6.45) is 61.0. The van der Waals surface area contributed by atoms with Gasteiger partial charge >= 0.3 is 11.9 Å². The molecule has 0 aliphatic rings. The van der Waals surface area contributed by atoms with E-state index in [0.717, 1.165) is 25.7 Å². The predicted molar refractivity (Wildman–Crippen MR) is 250 cm³/mol. The lowest BCUT2D eigenvalue weighted by atomic mass is 10.0. The Balaban J connectivity index is 3.20. The van der Waals surface area contributed by atoms with Crippen LogP contribution >= 0.6 is 0 Å². The maximum atomic E-state index is 12.0. The standard InChI is InChI=1S/C53H104O4/c1-3-5-7-9-11-13-15-17-19-21-24-28-32-36-40-44-48-52(54)56-50-46-42-38-34-30-26-23-27-31-35-39-43-47-51-57-53(55)49-45-41-37-33-29-25-22-20-18-16-14-12-10-8-6-4-2/h3-51H2,1-2H3. The lowest BCUT2D eigenvalue weighted by Crippen LogP contribution is -2.05. The van der Waals surface area contributed by atoms with Crippen molar-refractivity contribution in [1.29, 1.82) is 0 Å². The van der Waals surface area contributed by atoms with Crippen LogP contribution in [0.2, 0.25) is 0 Å². The van der Waals surface area contributed by atoms with Gasteiger partial charge in [0.2, 0.25) is 0 Å². The lowest BCUT2D eigenvalue weighted by Gasteiger charge is -2.06. The minimum absolute atomic E-state index is 0.0136. The molecule has 0 aliphatic heterocycles. The van der Waals surface area contributed by atoms with Crippen molar-refractivity contribution in [3.8, 4) is 0 Å². The van der Waals surface area contributed by atoms with E-state index in [1.165, 1.54) is 263 Å². The predicted octanol–water partition coefficient (Wildman–Crippen LogP) is 18.4. The molecule has 0 heterocycles. The Hall–Kier alpha value is -1.06. The first-order valence-corrected chi connectivity index (χ1v) is 26.5. The second kappa shape index (κ2) is 51.1. The van der Waals surface area contributed by atoms with Crippen LogP contribution in [-0.4, -0.2) is 25.2 Å². The summed E-state index contributed by atoms with van der Waals surface area (Å²) in [7, 11) is 0. The molecule has 4 nitrogen and oxygen atoms in total. The molecule has 0 aliphatic carbocycles. The monoisotopic (exact) mass is 805 g/mol. The molecular weight excluding hydrogens is 701 g/mol. The molecule has 0 saturated heterocycles. The van der Waals surface area contributed by atoms with Crippen molar-refractivity contribution in [3.05, 3.63) is 0 Å². The Kier molecular flexibility index (Phi) is 50.1. The maximum absolute atomic E-state index is 12.0. The van der Waals surface area contributed by atoms with Crippen LogP contribution in [0.1, 0.15) is 316 Å². The smallest absolute Gasteiger partial charge is 0.305 e. The fourth-order valence-corrected chi connectivity index (χ4v) is 8.30. The Morgan fingerprint density at radius 3 is 0.579 bits per heavy atom. The minimum atomic E-state index is 0.0136. The van der Waals surface area contributed by atoms with E-state index in [1.807, 2.05) is 0 Å². The molecule has 0 rings (SSSR count). The molecule has 0 bridgehead atoms. The van der Waals surface area contributed by atoms with Crippen LogP contribution in [0.4, 0.5) is 0 Å². The van der Waals surface area contributed by atoms with Gasteiger partial charge in [0.1, 0.15) is 0 Å². The van der Waals surface area contributed by atoms with Gasteiger partial charge in [0, 0.05) is 12.8 Å². The van der Waals surface area contributed by atoms with Crippen molar-refractivity contribution in [1.82, 2.24) is 0 Å². The molecule has 0 unspecified atom stereocenters. The van der Waals surface area contributed by atoms with Crippen LogP contribution < -0.4 is 0 Å². The third kappa shape index (κ3) is 51.0. The van der Waals surface area contributed by atoms with E-state index in [-0.39, 0.29) is 11.9 Å². The van der Waals surface area contributed by atoms with E-state index in [1.54, 1.807) is 0 Å². The van der Waals surface area contributed by atoms with E-state index in [9.17, 15) is 9.59 Å². The number of carbonyl (C=O) groups is 2. The molecule has 0 aromatic heterocycles. The Bertz CT molecular complexity index is 704. The molecule has 0 amide bonds. The number of carbonyl (C=O) groups excluding carboxylic acids is 2. The maximum Gasteiger partial charge on any atom is 0.305 e. The second-order valence-electron chi connectivity index (χ2n) is 18.1. The van der Waals surface area contributed by atoms with Gasteiger partial charge in [-0.3, -0.25) is 9.59 Å². The molecule has 0 N–H and O–H groups in total. The summed E-state index contributed by atoms with van der Waals surface area (Å²) in [5.74, 6) is 0.0272. The SMILES string of the molecule is CCCCCCCCCCCCCCCCCCC(=O)OCCCCCCCCCCCCCCCOC(=O)CCCCCCCCCCCCCCCCCC. The fraction of sp³-hybridized carbons (Fsp3) is 0.962. The highest BCUT2D eigenvalue weighted by Crippen LogP contribution is 2.17. The highest BCUT2D eigenvalue weighted by Gasteiger charge is 2.04. The van der Waals surface area contributed by atoms with Gasteiger partial charge < -0.3 is 9.47 Å².